The summed E-state index contributed by atoms with van der Waals surface area (Å²) in [6, 6.07) is 7.53. The fourth-order valence-electron chi connectivity index (χ4n) is 1.62. The van der Waals surface area contributed by atoms with Gasteiger partial charge in [-0.3, -0.25) is 9.78 Å². The lowest BCUT2D eigenvalue weighted by Gasteiger charge is -2.11. The van der Waals surface area contributed by atoms with E-state index in [1.807, 2.05) is 12.1 Å². The van der Waals surface area contributed by atoms with Crippen LogP contribution >= 0.6 is 0 Å². The molecule has 3 N–H and O–H groups in total. The van der Waals surface area contributed by atoms with Crippen LogP contribution in [0.4, 0.5) is 10.5 Å². The summed E-state index contributed by atoms with van der Waals surface area (Å²) in [5, 5.41) is 14.5. The highest BCUT2D eigenvalue weighted by molar-refractivity contribution is 6.00. The van der Waals surface area contributed by atoms with Crippen LogP contribution in [0.2, 0.25) is 0 Å². The number of carbonyl (C=O) groups excluding carboxylic acids is 1. The number of benzene rings is 1. The molecular weight excluding hydrogens is 246 g/mol. The Morgan fingerprint density at radius 1 is 1.26 bits per heavy atom. The normalized spacial score (nSPS) is 11.8. The van der Waals surface area contributed by atoms with E-state index in [1.165, 1.54) is 6.92 Å². The standard InChI is InChI=1S/C13H13N3O3/c1-8(12(17)18)15-13(19)16-10-6-2-4-9-5-3-7-14-11(9)10/h2-8H,1H3,(H,17,18)(H2,15,16,19). The van der Waals surface area contributed by atoms with Gasteiger partial charge < -0.3 is 15.7 Å². The van der Waals surface area contributed by atoms with E-state index >= 15 is 0 Å². The van der Waals surface area contributed by atoms with Gasteiger partial charge in [-0.05, 0) is 19.1 Å². The summed E-state index contributed by atoms with van der Waals surface area (Å²) in [5.41, 5.74) is 1.19. The molecule has 0 radical (unpaired) electrons. The number of aliphatic carboxylic acids is 1. The molecule has 0 bridgehead atoms. The first kappa shape index (κ1) is 12.8. The lowest BCUT2D eigenvalue weighted by molar-refractivity contribution is -0.138. The molecule has 2 amide bonds. The third-order valence-electron chi connectivity index (χ3n) is 2.60. The molecule has 1 aromatic heterocycles. The van der Waals surface area contributed by atoms with Gasteiger partial charge in [-0.1, -0.05) is 18.2 Å². The van der Waals surface area contributed by atoms with Crippen molar-refractivity contribution in [3.05, 3.63) is 36.5 Å². The Kier molecular flexibility index (Phi) is 3.61. The molecule has 0 saturated carbocycles. The molecule has 1 heterocycles. The van der Waals surface area contributed by atoms with Crippen molar-refractivity contribution >= 4 is 28.6 Å². The van der Waals surface area contributed by atoms with Gasteiger partial charge in [0.25, 0.3) is 0 Å². The smallest absolute Gasteiger partial charge is 0.325 e. The first-order valence-corrected chi connectivity index (χ1v) is 5.72. The van der Waals surface area contributed by atoms with Crippen LogP contribution < -0.4 is 10.6 Å². The molecule has 1 aromatic carbocycles. The van der Waals surface area contributed by atoms with Gasteiger partial charge in [0.2, 0.25) is 0 Å². The second-order valence-corrected chi connectivity index (χ2v) is 4.04. The molecule has 6 nitrogen and oxygen atoms in total. The highest BCUT2D eigenvalue weighted by Crippen LogP contribution is 2.20. The predicted octanol–water partition coefficient (Wildman–Crippen LogP) is 1.83. The number of nitrogens with zero attached hydrogens (tertiary/aromatic N) is 1. The van der Waals surface area contributed by atoms with Gasteiger partial charge in [0, 0.05) is 11.6 Å². The summed E-state index contributed by atoms with van der Waals surface area (Å²) in [7, 11) is 0. The van der Waals surface area contributed by atoms with Crippen molar-refractivity contribution in [2.24, 2.45) is 0 Å². The summed E-state index contributed by atoms with van der Waals surface area (Å²) >= 11 is 0. The minimum absolute atomic E-state index is 0.535. The Hall–Kier alpha value is -2.63. The van der Waals surface area contributed by atoms with Crippen molar-refractivity contribution < 1.29 is 14.7 Å². The molecule has 0 aliphatic rings. The Balaban J connectivity index is 2.17. The summed E-state index contributed by atoms with van der Waals surface area (Å²) in [5.74, 6) is -1.09. The summed E-state index contributed by atoms with van der Waals surface area (Å²) < 4.78 is 0. The number of hydrogen-bond donors (Lipinski definition) is 3. The molecule has 0 spiro atoms. The maximum absolute atomic E-state index is 11.7. The molecule has 0 aliphatic heterocycles. The van der Waals surface area contributed by atoms with Crippen molar-refractivity contribution in [1.82, 2.24) is 10.3 Å². The summed E-state index contributed by atoms with van der Waals surface area (Å²) in [4.78, 5) is 26.5. The number of pyridine rings is 1. The van der Waals surface area contributed by atoms with Gasteiger partial charge in [-0.25, -0.2) is 4.79 Å². The van der Waals surface area contributed by atoms with E-state index < -0.39 is 18.0 Å². The highest BCUT2D eigenvalue weighted by atomic mass is 16.4. The zero-order valence-corrected chi connectivity index (χ0v) is 10.3. The maximum atomic E-state index is 11.7. The van der Waals surface area contributed by atoms with E-state index in [0.29, 0.717) is 11.2 Å². The molecular formula is C13H13N3O3. The number of carbonyl (C=O) groups is 2. The third-order valence-corrected chi connectivity index (χ3v) is 2.60. The molecule has 0 aliphatic carbocycles. The van der Waals surface area contributed by atoms with E-state index in [-0.39, 0.29) is 0 Å². The summed E-state index contributed by atoms with van der Waals surface area (Å²) in [6.45, 7) is 1.39. The van der Waals surface area contributed by atoms with E-state index in [9.17, 15) is 9.59 Å². The van der Waals surface area contributed by atoms with Crippen LogP contribution in [-0.2, 0) is 4.79 Å². The van der Waals surface area contributed by atoms with E-state index in [4.69, 9.17) is 5.11 Å². The first-order chi connectivity index (χ1) is 9.08. The molecule has 0 saturated heterocycles. The van der Waals surface area contributed by atoms with Gasteiger partial charge in [-0.2, -0.15) is 0 Å². The molecule has 1 unspecified atom stereocenters. The molecule has 19 heavy (non-hydrogen) atoms. The van der Waals surface area contributed by atoms with Gasteiger partial charge in [0.05, 0.1) is 11.2 Å². The lowest BCUT2D eigenvalue weighted by Crippen LogP contribution is -2.40. The number of urea groups is 1. The quantitative estimate of drug-likeness (QED) is 0.784. The van der Waals surface area contributed by atoms with Crippen LogP contribution in [0.15, 0.2) is 36.5 Å². The third kappa shape index (κ3) is 2.98. The largest absolute Gasteiger partial charge is 0.480 e. The number of anilines is 1. The van der Waals surface area contributed by atoms with Crippen LogP contribution in [0.5, 0.6) is 0 Å². The van der Waals surface area contributed by atoms with E-state index in [2.05, 4.69) is 15.6 Å². The Bertz CT molecular complexity index is 622. The van der Waals surface area contributed by atoms with Crippen molar-refractivity contribution in [2.45, 2.75) is 13.0 Å². The van der Waals surface area contributed by atoms with Crippen LogP contribution in [0.25, 0.3) is 10.9 Å². The predicted molar refractivity (Wildman–Crippen MR) is 71.0 cm³/mol. The molecule has 6 heteroatoms. The zero-order chi connectivity index (χ0) is 13.8. The topological polar surface area (TPSA) is 91.3 Å². The number of carboxylic acids is 1. The van der Waals surface area contributed by atoms with Crippen molar-refractivity contribution in [2.75, 3.05) is 5.32 Å². The number of hydrogen-bond acceptors (Lipinski definition) is 3. The number of carboxylic acid groups (broad SMARTS) is 1. The number of para-hydroxylation sites is 1. The average Bonchev–Trinajstić information content (AvgIpc) is 2.39. The van der Waals surface area contributed by atoms with E-state index in [0.717, 1.165) is 5.39 Å². The zero-order valence-electron chi connectivity index (χ0n) is 10.3. The van der Waals surface area contributed by atoms with Crippen LogP contribution in [0.3, 0.4) is 0 Å². The van der Waals surface area contributed by atoms with Crippen molar-refractivity contribution in [1.29, 1.82) is 0 Å². The average molecular weight is 259 g/mol. The molecule has 0 fully saturated rings. The highest BCUT2D eigenvalue weighted by Gasteiger charge is 2.14. The number of fused-ring (bicyclic) bond motifs is 1. The van der Waals surface area contributed by atoms with E-state index in [1.54, 1.807) is 24.4 Å². The van der Waals surface area contributed by atoms with Crippen molar-refractivity contribution in [3.8, 4) is 0 Å². The Morgan fingerprint density at radius 2 is 2.00 bits per heavy atom. The maximum Gasteiger partial charge on any atom is 0.325 e. The van der Waals surface area contributed by atoms with Gasteiger partial charge in [-0.15, -0.1) is 0 Å². The Labute approximate surface area is 109 Å². The lowest BCUT2D eigenvalue weighted by atomic mass is 10.2. The van der Waals surface area contributed by atoms with Gasteiger partial charge >= 0.3 is 12.0 Å². The number of rotatable bonds is 3. The number of aromatic nitrogens is 1. The summed E-state index contributed by atoms with van der Waals surface area (Å²) in [6.07, 6.45) is 1.63. The molecule has 1 atom stereocenters. The minimum atomic E-state index is -1.09. The number of nitrogens with one attached hydrogen (secondary N) is 2. The van der Waals surface area contributed by atoms with Crippen LogP contribution in [0, 0.1) is 0 Å². The second-order valence-electron chi connectivity index (χ2n) is 4.04. The SMILES string of the molecule is CC(NC(=O)Nc1cccc2cccnc12)C(=O)O. The van der Waals surface area contributed by atoms with Crippen LogP contribution in [-0.4, -0.2) is 28.1 Å². The second kappa shape index (κ2) is 5.34. The minimum Gasteiger partial charge on any atom is -0.480 e. The monoisotopic (exact) mass is 259 g/mol. The van der Waals surface area contributed by atoms with Crippen LogP contribution in [0.1, 0.15) is 6.92 Å². The van der Waals surface area contributed by atoms with Gasteiger partial charge in [0.1, 0.15) is 6.04 Å². The first-order valence-electron chi connectivity index (χ1n) is 5.72. The molecule has 2 rings (SSSR count). The number of amides is 2. The molecule has 98 valence electrons. The fraction of sp³-hybridized carbons (Fsp3) is 0.154. The van der Waals surface area contributed by atoms with Gasteiger partial charge in [0.15, 0.2) is 0 Å². The molecule has 2 aromatic rings. The Morgan fingerprint density at radius 3 is 2.74 bits per heavy atom. The van der Waals surface area contributed by atoms with Crippen molar-refractivity contribution in [3.63, 3.8) is 0 Å². The fourth-order valence-corrected chi connectivity index (χ4v) is 1.62.